The number of rotatable bonds is 9. The quantitative estimate of drug-likeness (QED) is 0.536. The molecule has 6 heteroatoms. The number of methoxy groups -OCH3 is 2. The van der Waals surface area contributed by atoms with E-state index in [1.54, 1.807) is 20.3 Å². The number of hydrogen-bond donors (Lipinski definition) is 0. The number of likely N-dealkylation sites (N-methyl/N-ethyl adjacent to an activating group) is 1. The molecule has 0 saturated heterocycles. The van der Waals surface area contributed by atoms with E-state index in [2.05, 4.69) is 24.1 Å². The predicted octanol–water partition coefficient (Wildman–Crippen LogP) is 3.97. The second kappa shape index (κ2) is 8.79. The lowest BCUT2D eigenvalue weighted by atomic mass is 10.1. The first kappa shape index (κ1) is 20.3. The van der Waals surface area contributed by atoms with Gasteiger partial charge in [0, 0.05) is 37.0 Å². The number of para-hydroxylation sites is 1. The number of carbonyl (C=O) groups is 1. The number of nitrogens with zero attached hydrogens (tertiary/aromatic N) is 2. The number of furan rings is 1. The lowest BCUT2D eigenvalue weighted by Gasteiger charge is -2.19. The van der Waals surface area contributed by atoms with Crippen LogP contribution in [0.2, 0.25) is 0 Å². The third-order valence-electron chi connectivity index (χ3n) is 5.67. The van der Waals surface area contributed by atoms with Gasteiger partial charge in [-0.25, -0.2) is 0 Å². The van der Waals surface area contributed by atoms with Crippen LogP contribution in [0.15, 0.2) is 46.9 Å². The van der Waals surface area contributed by atoms with Crippen molar-refractivity contribution in [2.24, 2.45) is 0 Å². The fourth-order valence-electron chi connectivity index (χ4n) is 3.98. The second-order valence-corrected chi connectivity index (χ2v) is 7.75. The average Bonchev–Trinajstić information content (AvgIpc) is 3.31. The molecule has 3 aromatic rings. The van der Waals surface area contributed by atoms with Crippen molar-refractivity contribution in [3.05, 3.63) is 59.4 Å². The molecule has 0 bridgehead atoms. The molecule has 0 radical (unpaired) electrons. The molecule has 6 nitrogen and oxygen atoms in total. The van der Waals surface area contributed by atoms with Crippen molar-refractivity contribution in [1.82, 2.24) is 9.80 Å². The average molecular weight is 408 g/mol. The minimum atomic E-state index is 0.0656. The number of benzene rings is 2. The van der Waals surface area contributed by atoms with Crippen molar-refractivity contribution >= 4 is 16.9 Å². The molecule has 0 atom stereocenters. The highest BCUT2D eigenvalue weighted by Gasteiger charge is 2.29. The Morgan fingerprint density at radius 2 is 1.83 bits per heavy atom. The van der Waals surface area contributed by atoms with E-state index >= 15 is 0 Å². The Kier molecular flexibility index (Phi) is 5.95. The van der Waals surface area contributed by atoms with Crippen LogP contribution in [0.3, 0.4) is 0 Å². The van der Waals surface area contributed by atoms with Gasteiger partial charge in [-0.15, -0.1) is 0 Å². The number of carbonyl (C=O) groups excluding carboxylic acids is 1. The van der Waals surface area contributed by atoms with Crippen LogP contribution in [0.5, 0.6) is 11.5 Å². The van der Waals surface area contributed by atoms with Gasteiger partial charge >= 0.3 is 0 Å². The third-order valence-corrected chi connectivity index (χ3v) is 5.67. The van der Waals surface area contributed by atoms with Crippen LogP contribution in [0.25, 0.3) is 11.0 Å². The van der Waals surface area contributed by atoms with Crippen LogP contribution in [0.4, 0.5) is 0 Å². The Balaban J connectivity index is 1.26. The van der Waals surface area contributed by atoms with E-state index in [1.807, 2.05) is 29.2 Å². The number of hydrogen-bond acceptors (Lipinski definition) is 5. The Morgan fingerprint density at radius 3 is 2.60 bits per heavy atom. The van der Waals surface area contributed by atoms with Crippen LogP contribution in [0, 0.1) is 0 Å². The molecule has 1 aliphatic heterocycles. The third kappa shape index (κ3) is 4.14. The fourth-order valence-corrected chi connectivity index (χ4v) is 3.98. The van der Waals surface area contributed by atoms with Gasteiger partial charge in [0.2, 0.25) is 0 Å². The maximum Gasteiger partial charge on any atom is 0.254 e. The Bertz CT molecular complexity index is 1010. The maximum absolute atomic E-state index is 12.7. The zero-order valence-electron chi connectivity index (χ0n) is 17.8. The summed E-state index contributed by atoms with van der Waals surface area (Å²) < 4.78 is 16.6. The molecule has 0 N–H and O–H groups in total. The number of fused-ring (bicyclic) bond motifs is 2. The van der Waals surface area contributed by atoms with Gasteiger partial charge < -0.3 is 23.7 Å². The molecule has 2 aromatic carbocycles. The highest BCUT2D eigenvalue weighted by atomic mass is 16.5. The highest BCUT2D eigenvalue weighted by Crippen LogP contribution is 2.34. The molecule has 0 spiro atoms. The molecule has 0 aliphatic carbocycles. The summed E-state index contributed by atoms with van der Waals surface area (Å²) in [5, 5.41) is 1.15. The number of ether oxygens (including phenoxy) is 2. The molecule has 30 heavy (non-hydrogen) atoms. The molecule has 0 unspecified atom stereocenters. The molecule has 1 aliphatic rings. The van der Waals surface area contributed by atoms with E-state index in [4.69, 9.17) is 13.9 Å². The van der Waals surface area contributed by atoms with Gasteiger partial charge in [0.15, 0.2) is 11.5 Å². The minimum Gasteiger partial charge on any atom is -0.493 e. The summed E-state index contributed by atoms with van der Waals surface area (Å²) in [5.74, 6) is 2.33. The Hall–Kier alpha value is -2.99. The summed E-state index contributed by atoms with van der Waals surface area (Å²) in [6.45, 7) is 3.19. The maximum atomic E-state index is 12.7. The summed E-state index contributed by atoms with van der Waals surface area (Å²) in [4.78, 5) is 16.9. The molecular formula is C24H28N2O4. The first-order valence-corrected chi connectivity index (χ1v) is 10.3. The predicted molar refractivity (Wildman–Crippen MR) is 116 cm³/mol. The highest BCUT2D eigenvalue weighted by molar-refractivity contribution is 5.99. The Labute approximate surface area is 177 Å². The smallest absolute Gasteiger partial charge is 0.254 e. The van der Waals surface area contributed by atoms with Crippen molar-refractivity contribution in [2.75, 3.05) is 40.9 Å². The molecule has 1 aromatic heterocycles. The minimum absolute atomic E-state index is 0.0656. The fraction of sp³-hybridized carbons (Fsp3) is 0.375. The van der Waals surface area contributed by atoms with Gasteiger partial charge in [-0.2, -0.15) is 0 Å². The van der Waals surface area contributed by atoms with Crippen LogP contribution >= 0.6 is 0 Å². The van der Waals surface area contributed by atoms with Gasteiger partial charge in [-0.1, -0.05) is 18.2 Å². The molecule has 2 heterocycles. The molecule has 158 valence electrons. The van der Waals surface area contributed by atoms with E-state index in [-0.39, 0.29) is 5.91 Å². The van der Waals surface area contributed by atoms with E-state index in [0.29, 0.717) is 23.6 Å². The summed E-state index contributed by atoms with van der Waals surface area (Å²) in [7, 11) is 5.31. The summed E-state index contributed by atoms with van der Waals surface area (Å²) in [5.41, 5.74) is 2.65. The van der Waals surface area contributed by atoms with Crippen molar-refractivity contribution in [1.29, 1.82) is 0 Å². The molecule has 4 rings (SSSR count). The second-order valence-electron chi connectivity index (χ2n) is 7.75. The van der Waals surface area contributed by atoms with Crippen LogP contribution < -0.4 is 9.47 Å². The van der Waals surface area contributed by atoms with Crippen molar-refractivity contribution < 1.29 is 18.7 Å². The lowest BCUT2D eigenvalue weighted by molar-refractivity contribution is 0.0772. The van der Waals surface area contributed by atoms with Crippen molar-refractivity contribution in [3.8, 4) is 11.5 Å². The first-order chi connectivity index (χ1) is 14.6. The summed E-state index contributed by atoms with van der Waals surface area (Å²) >= 11 is 0. The first-order valence-electron chi connectivity index (χ1n) is 10.3. The topological polar surface area (TPSA) is 55.2 Å². The zero-order valence-corrected chi connectivity index (χ0v) is 17.8. The summed E-state index contributed by atoms with van der Waals surface area (Å²) in [6.07, 6.45) is 1.80. The van der Waals surface area contributed by atoms with E-state index in [9.17, 15) is 4.79 Å². The van der Waals surface area contributed by atoms with Gasteiger partial charge in [0.05, 0.1) is 14.2 Å². The Morgan fingerprint density at radius 1 is 1.07 bits per heavy atom. The van der Waals surface area contributed by atoms with E-state index in [1.165, 1.54) is 0 Å². The van der Waals surface area contributed by atoms with E-state index < -0.39 is 0 Å². The van der Waals surface area contributed by atoms with Crippen LogP contribution in [0.1, 0.15) is 28.1 Å². The zero-order chi connectivity index (χ0) is 21.1. The van der Waals surface area contributed by atoms with Gasteiger partial charge in [-0.05, 0) is 49.8 Å². The monoisotopic (exact) mass is 408 g/mol. The SMILES string of the molecule is COc1cc2c(cc1OC)C(=O)N(CCCN(C)CCc1cc3ccccc3o1)C2. The molecule has 0 saturated carbocycles. The largest absolute Gasteiger partial charge is 0.493 e. The van der Waals surface area contributed by atoms with Gasteiger partial charge in [0.25, 0.3) is 5.91 Å². The van der Waals surface area contributed by atoms with Crippen LogP contribution in [-0.4, -0.2) is 56.6 Å². The molecular weight excluding hydrogens is 380 g/mol. The van der Waals surface area contributed by atoms with Gasteiger partial charge in [-0.3, -0.25) is 4.79 Å². The van der Waals surface area contributed by atoms with Crippen LogP contribution in [-0.2, 0) is 13.0 Å². The van der Waals surface area contributed by atoms with E-state index in [0.717, 1.165) is 54.8 Å². The lowest BCUT2D eigenvalue weighted by Crippen LogP contribution is -2.29. The molecule has 0 fully saturated rings. The van der Waals surface area contributed by atoms with Gasteiger partial charge in [0.1, 0.15) is 11.3 Å². The summed E-state index contributed by atoms with van der Waals surface area (Å²) in [6, 6.07) is 13.9. The number of amides is 1. The normalized spacial score (nSPS) is 13.3. The standard InChI is InChI=1S/C24H28N2O4/c1-25(12-9-19-13-17-7-4-5-8-21(17)30-19)10-6-11-26-16-18-14-22(28-2)23(29-3)15-20(18)24(26)27/h4-5,7-8,13-15H,6,9-12,16H2,1-3H3. The molecule has 1 amide bonds. The van der Waals surface area contributed by atoms with Crippen molar-refractivity contribution in [2.45, 2.75) is 19.4 Å². The van der Waals surface area contributed by atoms with Crippen molar-refractivity contribution in [3.63, 3.8) is 0 Å².